The summed E-state index contributed by atoms with van der Waals surface area (Å²) in [5.74, 6) is -4.31. The SMILES string of the molecule is CC1=C[C@H]2[C@@]3(O)[C@H](C)[C@@H](OC(=O)CCCCCCCCCCCC(C)CC(=O)O)[C@]4(O)[C@@H]([C@@H]3C=C(CO)C[C@]2(O)C1=O)C4(C)C. The first-order valence-electron chi connectivity index (χ1n) is 17.2. The smallest absolute Gasteiger partial charge is 0.306 e. The summed E-state index contributed by atoms with van der Waals surface area (Å²) in [5, 5.41) is 55.3. The second-order valence-corrected chi connectivity index (χ2v) is 15.3. The van der Waals surface area contributed by atoms with Gasteiger partial charge in [0.05, 0.1) is 12.2 Å². The van der Waals surface area contributed by atoms with Crippen LogP contribution in [0.3, 0.4) is 0 Å². The molecule has 9 atom stereocenters. The third-order valence-corrected chi connectivity index (χ3v) is 11.9. The minimum absolute atomic E-state index is 0.101. The van der Waals surface area contributed by atoms with Crippen molar-refractivity contribution in [3.05, 3.63) is 23.3 Å². The average molecular weight is 633 g/mol. The second kappa shape index (κ2) is 13.6. The fraction of sp³-hybridized carbons (Fsp3) is 0.806. The summed E-state index contributed by atoms with van der Waals surface area (Å²) in [5.41, 5.74) is -4.90. The molecule has 0 aromatic rings. The molecular weight excluding hydrogens is 576 g/mol. The predicted molar refractivity (Wildman–Crippen MR) is 169 cm³/mol. The molecule has 0 aromatic heterocycles. The molecule has 2 fully saturated rings. The lowest BCUT2D eigenvalue weighted by Crippen LogP contribution is -2.65. The number of aliphatic hydroxyl groups is 4. The van der Waals surface area contributed by atoms with Gasteiger partial charge in [-0.15, -0.1) is 0 Å². The van der Waals surface area contributed by atoms with Gasteiger partial charge in [0, 0.05) is 48.3 Å². The number of Topliss-reactive ketones (excluding diaryl/α,β-unsaturated/α-hetero) is 1. The summed E-state index contributed by atoms with van der Waals surface area (Å²) in [6.07, 6.45) is 13.0. The van der Waals surface area contributed by atoms with Crippen LogP contribution in [0.25, 0.3) is 0 Å². The van der Waals surface area contributed by atoms with Crippen molar-refractivity contribution in [1.82, 2.24) is 0 Å². The maximum atomic E-state index is 13.2. The number of carbonyl (C=O) groups is 3. The third-order valence-electron chi connectivity index (χ3n) is 11.9. The maximum absolute atomic E-state index is 13.2. The molecule has 1 unspecified atom stereocenters. The van der Waals surface area contributed by atoms with E-state index in [2.05, 4.69) is 0 Å². The lowest BCUT2D eigenvalue weighted by atomic mass is 9.59. The highest BCUT2D eigenvalue weighted by Gasteiger charge is 2.85. The number of carbonyl (C=O) groups excluding carboxylic acids is 2. The molecule has 9 nitrogen and oxygen atoms in total. The summed E-state index contributed by atoms with van der Waals surface area (Å²) < 4.78 is 6.02. The average Bonchev–Trinajstić information content (AvgIpc) is 3.36. The van der Waals surface area contributed by atoms with Crippen LogP contribution in [0.2, 0.25) is 0 Å². The second-order valence-electron chi connectivity index (χ2n) is 15.3. The Morgan fingerprint density at radius 3 is 2.13 bits per heavy atom. The highest BCUT2D eigenvalue weighted by Crippen LogP contribution is 2.75. The minimum atomic E-state index is -1.92. The number of hydrogen-bond donors (Lipinski definition) is 5. The Balaban J connectivity index is 1.30. The van der Waals surface area contributed by atoms with Crippen molar-refractivity contribution in [1.29, 1.82) is 0 Å². The molecule has 4 rings (SSSR count). The monoisotopic (exact) mass is 632 g/mol. The highest BCUT2D eigenvalue weighted by atomic mass is 16.6. The van der Waals surface area contributed by atoms with Crippen molar-refractivity contribution in [2.24, 2.45) is 35.0 Å². The van der Waals surface area contributed by atoms with Crippen LogP contribution in [0.5, 0.6) is 0 Å². The zero-order chi connectivity index (χ0) is 33.4. The first-order valence-corrected chi connectivity index (χ1v) is 17.2. The van der Waals surface area contributed by atoms with Gasteiger partial charge in [0.15, 0.2) is 5.78 Å². The predicted octanol–water partition coefficient (Wildman–Crippen LogP) is 4.88. The Bertz CT molecular complexity index is 1190. The molecule has 0 amide bonds. The number of fused-ring (bicyclic) bond motifs is 5. The van der Waals surface area contributed by atoms with E-state index in [-0.39, 0.29) is 31.8 Å². The fourth-order valence-electron chi connectivity index (χ4n) is 9.21. The number of carboxylic acids is 1. The number of ether oxygens (including phenoxy) is 1. The standard InChI is InChI=1S/C36H56O9/c1-22(17-28(38)39)15-13-11-9-7-6-8-10-12-14-16-29(40)45-32-24(3)35(43)26(30-33(4,5)36(30,32)44)19-25(21-37)20-34(42)27(35)18-23(2)31(34)41/h18-19,22,24,26-27,30,32,37,42-44H,6-17,20-21H2,1-5H3,(H,38,39)/t22?,24-,26+,27-,30+,32-,34-,35-,36-/m1/s1. The van der Waals surface area contributed by atoms with Gasteiger partial charge in [-0.05, 0) is 30.4 Å². The molecule has 0 heterocycles. The number of unbranched alkanes of at least 4 members (excludes halogenated alkanes) is 8. The number of rotatable bonds is 16. The lowest BCUT2D eigenvalue weighted by Gasteiger charge is -2.52. The van der Waals surface area contributed by atoms with Crippen LogP contribution >= 0.6 is 0 Å². The van der Waals surface area contributed by atoms with Gasteiger partial charge in [-0.3, -0.25) is 14.4 Å². The van der Waals surface area contributed by atoms with Crippen molar-refractivity contribution in [3.8, 4) is 0 Å². The topological polar surface area (TPSA) is 162 Å². The van der Waals surface area contributed by atoms with Gasteiger partial charge in [0.25, 0.3) is 0 Å². The van der Waals surface area contributed by atoms with E-state index in [9.17, 15) is 34.8 Å². The van der Waals surface area contributed by atoms with E-state index in [0.29, 0.717) is 17.6 Å². The summed E-state index contributed by atoms with van der Waals surface area (Å²) in [4.78, 5) is 37.1. The van der Waals surface area contributed by atoms with Crippen LogP contribution in [-0.4, -0.2) is 72.8 Å². The Morgan fingerprint density at radius 2 is 1.56 bits per heavy atom. The van der Waals surface area contributed by atoms with Gasteiger partial charge in [-0.1, -0.05) is 97.6 Å². The van der Waals surface area contributed by atoms with Crippen molar-refractivity contribution in [2.45, 2.75) is 141 Å². The number of esters is 1. The molecule has 0 saturated heterocycles. The number of aliphatic carboxylic acids is 1. The summed E-state index contributed by atoms with van der Waals surface area (Å²) in [6, 6.07) is 0. The molecule has 9 heteroatoms. The van der Waals surface area contributed by atoms with Gasteiger partial charge in [0.1, 0.15) is 17.3 Å². The van der Waals surface area contributed by atoms with E-state index in [1.807, 2.05) is 20.8 Å². The lowest BCUT2D eigenvalue weighted by molar-refractivity contribution is -0.221. The molecule has 0 bridgehead atoms. The molecule has 5 N–H and O–H groups in total. The summed E-state index contributed by atoms with van der Waals surface area (Å²) in [6.45, 7) is 8.74. The highest BCUT2D eigenvalue weighted by molar-refractivity contribution is 6.04. The van der Waals surface area contributed by atoms with Crippen LogP contribution in [-0.2, 0) is 19.1 Å². The largest absolute Gasteiger partial charge is 0.481 e. The number of hydrogen-bond acceptors (Lipinski definition) is 8. The van der Waals surface area contributed by atoms with Crippen LogP contribution in [0.15, 0.2) is 23.3 Å². The zero-order valence-corrected chi connectivity index (χ0v) is 27.9. The van der Waals surface area contributed by atoms with E-state index in [4.69, 9.17) is 9.84 Å². The number of aliphatic hydroxyl groups excluding tert-OH is 1. The van der Waals surface area contributed by atoms with Crippen LogP contribution < -0.4 is 0 Å². The van der Waals surface area contributed by atoms with E-state index in [1.165, 1.54) is 0 Å². The number of carboxylic acid groups (broad SMARTS) is 1. The van der Waals surface area contributed by atoms with Gasteiger partial charge in [-0.25, -0.2) is 0 Å². The van der Waals surface area contributed by atoms with Crippen molar-refractivity contribution in [3.63, 3.8) is 0 Å². The van der Waals surface area contributed by atoms with Gasteiger partial charge in [-0.2, -0.15) is 0 Å². The van der Waals surface area contributed by atoms with Gasteiger partial charge >= 0.3 is 11.9 Å². The molecular formula is C36H56O9. The Labute approximate surface area is 268 Å². The fourth-order valence-corrected chi connectivity index (χ4v) is 9.21. The number of ketones is 1. The molecule has 2 saturated carbocycles. The molecule has 0 spiro atoms. The third kappa shape index (κ3) is 6.43. The van der Waals surface area contributed by atoms with Crippen molar-refractivity contribution >= 4 is 17.7 Å². The van der Waals surface area contributed by atoms with Crippen molar-refractivity contribution < 1.29 is 44.7 Å². The first kappa shape index (κ1) is 35.8. The van der Waals surface area contributed by atoms with E-state index < -0.39 is 69.7 Å². The van der Waals surface area contributed by atoms with Crippen molar-refractivity contribution in [2.75, 3.05) is 6.61 Å². The van der Waals surface area contributed by atoms with Crippen LogP contribution in [0, 0.1) is 35.0 Å². The summed E-state index contributed by atoms with van der Waals surface area (Å²) >= 11 is 0. The first-order chi connectivity index (χ1) is 21.1. The molecule has 4 aliphatic carbocycles. The Kier molecular flexibility index (Phi) is 10.8. The normalized spacial score (nSPS) is 37.0. The van der Waals surface area contributed by atoms with Crippen LogP contribution in [0.4, 0.5) is 0 Å². The van der Waals surface area contributed by atoms with Gasteiger partial charge in [0.2, 0.25) is 0 Å². The molecule has 0 radical (unpaired) electrons. The zero-order valence-electron chi connectivity index (χ0n) is 27.9. The minimum Gasteiger partial charge on any atom is -0.481 e. The molecule has 0 aliphatic heterocycles. The van der Waals surface area contributed by atoms with E-state index >= 15 is 0 Å². The Hall–Kier alpha value is -2.07. The quantitative estimate of drug-likeness (QED) is 0.0907. The van der Waals surface area contributed by atoms with E-state index in [0.717, 1.165) is 57.8 Å². The Morgan fingerprint density at radius 1 is 0.978 bits per heavy atom. The molecule has 4 aliphatic rings. The molecule has 0 aromatic carbocycles. The van der Waals surface area contributed by atoms with E-state index in [1.54, 1.807) is 26.0 Å². The summed E-state index contributed by atoms with van der Waals surface area (Å²) in [7, 11) is 0. The van der Waals surface area contributed by atoms with Crippen LogP contribution in [0.1, 0.15) is 118 Å². The molecule has 45 heavy (non-hydrogen) atoms. The molecule has 254 valence electrons. The van der Waals surface area contributed by atoms with Gasteiger partial charge < -0.3 is 30.3 Å². The maximum Gasteiger partial charge on any atom is 0.306 e.